The summed E-state index contributed by atoms with van der Waals surface area (Å²) in [4.78, 5) is 11.6. The molecule has 1 N–H and O–H groups in total. The summed E-state index contributed by atoms with van der Waals surface area (Å²) in [6.45, 7) is 6.07. The van der Waals surface area contributed by atoms with Gasteiger partial charge in [0, 0.05) is 12.1 Å². The molecule has 1 aromatic carbocycles. The van der Waals surface area contributed by atoms with Gasteiger partial charge >= 0.3 is 0 Å². The molecule has 0 fully saturated rings. The molecule has 0 radical (unpaired) electrons. The van der Waals surface area contributed by atoms with Crippen molar-refractivity contribution in [1.82, 2.24) is 5.32 Å². The van der Waals surface area contributed by atoms with Crippen molar-refractivity contribution in [2.75, 3.05) is 6.54 Å². The van der Waals surface area contributed by atoms with Gasteiger partial charge in [0.2, 0.25) is 0 Å². The Morgan fingerprint density at radius 3 is 2.69 bits per heavy atom. The van der Waals surface area contributed by atoms with Crippen LogP contribution in [0.3, 0.4) is 0 Å². The van der Waals surface area contributed by atoms with Crippen molar-refractivity contribution in [1.29, 1.82) is 0 Å². The van der Waals surface area contributed by atoms with E-state index in [1.165, 1.54) is 12.1 Å². The summed E-state index contributed by atoms with van der Waals surface area (Å²) in [6, 6.07) is 4.35. The zero-order chi connectivity index (χ0) is 12.1. The maximum Gasteiger partial charge on any atom is 0.251 e. The molecule has 1 aromatic rings. The second-order valence-electron chi connectivity index (χ2n) is 3.96. The van der Waals surface area contributed by atoms with E-state index < -0.39 is 0 Å². The molecule has 0 saturated heterocycles. The molecule has 16 heavy (non-hydrogen) atoms. The minimum Gasteiger partial charge on any atom is -0.349 e. The topological polar surface area (TPSA) is 29.1 Å². The highest BCUT2D eigenvalue weighted by molar-refractivity contribution is 5.94. The minimum absolute atomic E-state index is 0.180. The molecule has 3 heteroatoms. The van der Waals surface area contributed by atoms with E-state index in [0.717, 1.165) is 5.57 Å². The maximum absolute atomic E-state index is 13.0. The summed E-state index contributed by atoms with van der Waals surface area (Å²) in [7, 11) is 0. The lowest BCUT2D eigenvalue weighted by atomic mass is 10.1. The van der Waals surface area contributed by atoms with E-state index in [9.17, 15) is 9.18 Å². The number of halogens is 1. The average Bonchev–Trinajstić information content (AvgIpc) is 2.21. The third-order valence-electron chi connectivity index (χ3n) is 2.19. The Bertz CT molecular complexity index is 420. The van der Waals surface area contributed by atoms with Crippen LogP contribution in [0.2, 0.25) is 0 Å². The second kappa shape index (κ2) is 5.45. The van der Waals surface area contributed by atoms with Gasteiger partial charge in [-0.05, 0) is 44.5 Å². The van der Waals surface area contributed by atoms with Crippen LogP contribution in [0.25, 0.3) is 0 Å². The third kappa shape index (κ3) is 3.50. The van der Waals surface area contributed by atoms with Crippen molar-refractivity contribution in [3.63, 3.8) is 0 Å². The number of allylic oxidation sites excluding steroid dienone is 1. The summed E-state index contributed by atoms with van der Waals surface area (Å²) >= 11 is 0. The van der Waals surface area contributed by atoms with Crippen molar-refractivity contribution in [3.05, 3.63) is 46.8 Å². The highest BCUT2D eigenvalue weighted by Gasteiger charge is 2.06. The summed E-state index contributed by atoms with van der Waals surface area (Å²) in [6.07, 6.45) is 1.92. The van der Waals surface area contributed by atoms with Gasteiger partial charge in [-0.2, -0.15) is 0 Å². The van der Waals surface area contributed by atoms with Crippen LogP contribution >= 0.6 is 0 Å². The number of benzene rings is 1. The van der Waals surface area contributed by atoms with Gasteiger partial charge in [0.1, 0.15) is 5.82 Å². The highest BCUT2D eigenvalue weighted by Crippen LogP contribution is 2.08. The quantitative estimate of drug-likeness (QED) is 0.781. The van der Waals surface area contributed by atoms with Gasteiger partial charge in [0.15, 0.2) is 0 Å². The Balaban J connectivity index is 2.66. The van der Waals surface area contributed by atoms with Crippen molar-refractivity contribution in [2.24, 2.45) is 0 Å². The molecule has 0 aromatic heterocycles. The fraction of sp³-hybridized carbons (Fsp3) is 0.308. The first-order chi connectivity index (χ1) is 7.50. The predicted molar refractivity (Wildman–Crippen MR) is 62.9 cm³/mol. The van der Waals surface area contributed by atoms with E-state index in [2.05, 4.69) is 5.32 Å². The predicted octanol–water partition coefficient (Wildman–Crippen LogP) is 2.83. The Hall–Kier alpha value is -1.64. The van der Waals surface area contributed by atoms with Crippen LogP contribution in [0.1, 0.15) is 29.8 Å². The molecule has 86 valence electrons. The number of amides is 1. The van der Waals surface area contributed by atoms with Crippen molar-refractivity contribution in [3.8, 4) is 0 Å². The fourth-order valence-electron chi connectivity index (χ4n) is 1.24. The van der Waals surface area contributed by atoms with Crippen molar-refractivity contribution in [2.45, 2.75) is 20.8 Å². The standard InChI is InChI=1S/C13H16FNO/c1-9(2)6-7-15-13(16)11-4-5-12(14)10(3)8-11/h4-6,8H,7H2,1-3H3,(H,15,16). The van der Waals surface area contributed by atoms with Gasteiger partial charge in [-0.25, -0.2) is 4.39 Å². The van der Waals surface area contributed by atoms with Crippen LogP contribution < -0.4 is 5.32 Å². The Morgan fingerprint density at radius 2 is 2.12 bits per heavy atom. The Morgan fingerprint density at radius 1 is 1.44 bits per heavy atom. The summed E-state index contributed by atoms with van der Waals surface area (Å²) < 4.78 is 13.0. The molecule has 0 bridgehead atoms. The molecule has 0 aliphatic carbocycles. The smallest absolute Gasteiger partial charge is 0.251 e. The number of carbonyl (C=O) groups excluding carboxylic acids is 1. The normalized spacial score (nSPS) is 9.75. The van der Waals surface area contributed by atoms with Crippen LogP contribution in [-0.2, 0) is 0 Å². The number of hydrogen-bond donors (Lipinski definition) is 1. The van der Waals surface area contributed by atoms with Gasteiger partial charge in [-0.15, -0.1) is 0 Å². The third-order valence-corrected chi connectivity index (χ3v) is 2.19. The molecule has 0 atom stereocenters. The monoisotopic (exact) mass is 221 g/mol. The molecule has 2 nitrogen and oxygen atoms in total. The first kappa shape index (κ1) is 12.4. The molecular weight excluding hydrogens is 205 g/mol. The van der Waals surface area contributed by atoms with E-state index in [1.54, 1.807) is 13.0 Å². The van der Waals surface area contributed by atoms with E-state index in [4.69, 9.17) is 0 Å². The van der Waals surface area contributed by atoms with Crippen molar-refractivity contribution >= 4 is 5.91 Å². The molecule has 1 amide bonds. The number of aryl methyl sites for hydroxylation is 1. The lowest BCUT2D eigenvalue weighted by Crippen LogP contribution is -2.23. The van der Waals surface area contributed by atoms with Crippen LogP contribution in [0.15, 0.2) is 29.8 Å². The van der Waals surface area contributed by atoms with Gasteiger partial charge < -0.3 is 5.32 Å². The van der Waals surface area contributed by atoms with Crippen molar-refractivity contribution < 1.29 is 9.18 Å². The zero-order valence-electron chi connectivity index (χ0n) is 9.80. The number of hydrogen-bond acceptors (Lipinski definition) is 1. The molecule has 0 aliphatic rings. The molecule has 0 spiro atoms. The summed E-state index contributed by atoms with van der Waals surface area (Å²) in [5.41, 5.74) is 2.12. The minimum atomic E-state index is -0.291. The van der Waals surface area contributed by atoms with Crippen LogP contribution in [0.5, 0.6) is 0 Å². The molecule has 0 unspecified atom stereocenters. The number of nitrogens with one attached hydrogen (secondary N) is 1. The molecule has 0 saturated carbocycles. The average molecular weight is 221 g/mol. The number of rotatable bonds is 3. The van der Waals surface area contributed by atoms with Gasteiger partial charge in [0.25, 0.3) is 5.91 Å². The van der Waals surface area contributed by atoms with Crippen LogP contribution in [0, 0.1) is 12.7 Å². The molecule has 1 rings (SSSR count). The summed E-state index contributed by atoms with van der Waals surface area (Å²) in [5, 5.41) is 2.74. The maximum atomic E-state index is 13.0. The lowest BCUT2D eigenvalue weighted by molar-refractivity contribution is 0.0958. The van der Waals surface area contributed by atoms with Gasteiger partial charge in [0.05, 0.1) is 0 Å². The molecule has 0 heterocycles. The fourth-order valence-corrected chi connectivity index (χ4v) is 1.24. The van der Waals surface area contributed by atoms with E-state index in [1.807, 2.05) is 19.9 Å². The van der Waals surface area contributed by atoms with Crippen LogP contribution in [-0.4, -0.2) is 12.5 Å². The van der Waals surface area contributed by atoms with E-state index in [0.29, 0.717) is 17.7 Å². The van der Waals surface area contributed by atoms with E-state index >= 15 is 0 Å². The lowest BCUT2D eigenvalue weighted by Gasteiger charge is -2.04. The summed E-state index contributed by atoms with van der Waals surface area (Å²) in [5.74, 6) is -0.471. The zero-order valence-corrected chi connectivity index (χ0v) is 9.80. The first-order valence-corrected chi connectivity index (χ1v) is 5.18. The van der Waals surface area contributed by atoms with Crippen LogP contribution in [0.4, 0.5) is 4.39 Å². The Labute approximate surface area is 95.2 Å². The molecule has 0 aliphatic heterocycles. The van der Waals surface area contributed by atoms with Gasteiger partial charge in [-0.3, -0.25) is 4.79 Å². The second-order valence-corrected chi connectivity index (χ2v) is 3.96. The first-order valence-electron chi connectivity index (χ1n) is 5.18. The molecular formula is C13H16FNO. The van der Waals surface area contributed by atoms with E-state index in [-0.39, 0.29) is 11.7 Å². The Kier molecular flexibility index (Phi) is 4.23. The largest absolute Gasteiger partial charge is 0.349 e. The SMILES string of the molecule is CC(C)=CCNC(=O)c1ccc(F)c(C)c1. The van der Waals surface area contributed by atoms with Gasteiger partial charge in [-0.1, -0.05) is 11.6 Å². The highest BCUT2D eigenvalue weighted by atomic mass is 19.1. The number of carbonyl (C=O) groups is 1.